The third-order valence-electron chi connectivity index (χ3n) is 2.24. The topological polar surface area (TPSA) is 35.8 Å². The highest BCUT2D eigenvalue weighted by Gasteiger charge is 2.04. The van der Waals surface area contributed by atoms with Gasteiger partial charge in [0, 0.05) is 10.2 Å². The number of hydrogen-bond donors (Lipinski definition) is 1. The van der Waals surface area contributed by atoms with Gasteiger partial charge in [-0.3, -0.25) is 0 Å². The second-order valence-electron chi connectivity index (χ2n) is 3.41. The fraction of sp³-hybridized carbons (Fsp3) is 0. The van der Waals surface area contributed by atoms with Crippen molar-refractivity contribution in [3.05, 3.63) is 58.3 Å². The summed E-state index contributed by atoms with van der Waals surface area (Å²) in [4.78, 5) is 0. The highest BCUT2D eigenvalue weighted by Crippen LogP contribution is 2.26. The second-order valence-corrected chi connectivity index (χ2v) is 4.27. The van der Waals surface area contributed by atoms with Crippen molar-refractivity contribution < 1.29 is 4.39 Å². The fourth-order valence-corrected chi connectivity index (χ4v) is 1.79. The summed E-state index contributed by atoms with van der Waals surface area (Å²) in [7, 11) is 0. The highest BCUT2D eigenvalue weighted by atomic mass is 79.9. The first-order valence-electron chi connectivity index (χ1n) is 4.92. The molecule has 0 heterocycles. The second kappa shape index (κ2) is 4.98. The van der Waals surface area contributed by atoms with E-state index in [4.69, 9.17) is 5.26 Å². The molecule has 0 aromatic heterocycles. The van der Waals surface area contributed by atoms with Crippen LogP contribution in [-0.4, -0.2) is 0 Å². The normalized spacial score (nSPS) is 9.71. The summed E-state index contributed by atoms with van der Waals surface area (Å²) in [5.74, 6) is -0.524. The van der Waals surface area contributed by atoms with Crippen molar-refractivity contribution in [2.45, 2.75) is 0 Å². The third kappa shape index (κ3) is 2.63. The zero-order valence-electron chi connectivity index (χ0n) is 8.74. The molecule has 1 N–H and O–H groups in total. The minimum Gasteiger partial charge on any atom is -0.355 e. The Morgan fingerprint density at radius 3 is 2.59 bits per heavy atom. The predicted molar refractivity (Wildman–Crippen MR) is 68.5 cm³/mol. The monoisotopic (exact) mass is 290 g/mol. The molecule has 0 fully saturated rings. The van der Waals surface area contributed by atoms with E-state index in [0.29, 0.717) is 5.69 Å². The number of nitrogens with zero attached hydrogens (tertiary/aromatic N) is 1. The van der Waals surface area contributed by atoms with Gasteiger partial charge in [-0.1, -0.05) is 12.1 Å². The third-order valence-corrected chi connectivity index (χ3v) is 2.93. The van der Waals surface area contributed by atoms with Gasteiger partial charge < -0.3 is 5.32 Å². The maximum atomic E-state index is 13.4. The number of halogens is 2. The van der Waals surface area contributed by atoms with Crippen LogP contribution in [0.1, 0.15) is 5.56 Å². The summed E-state index contributed by atoms with van der Waals surface area (Å²) in [6, 6.07) is 13.8. The number of para-hydroxylation sites is 1. The van der Waals surface area contributed by atoms with E-state index in [9.17, 15) is 4.39 Å². The summed E-state index contributed by atoms with van der Waals surface area (Å²) in [5, 5.41) is 11.7. The van der Waals surface area contributed by atoms with Crippen LogP contribution in [-0.2, 0) is 0 Å². The van der Waals surface area contributed by atoms with Crippen LogP contribution in [0.2, 0.25) is 0 Å². The van der Waals surface area contributed by atoms with Crippen LogP contribution < -0.4 is 5.32 Å². The number of nitriles is 1. The molecule has 0 radical (unpaired) electrons. The molecule has 0 aliphatic carbocycles. The summed E-state index contributed by atoms with van der Waals surface area (Å²) >= 11 is 3.39. The molecule has 0 spiro atoms. The Kier molecular flexibility index (Phi) is 3.40. The van der Waals surface area contributed by atoms with Crippen molar-refractivity contribution in [2.75, 3.05) is 5.32 Å². The number of nitrogens with one attached hydrogen (secondary N) is 1. The molecule has 0 atom stereocenters. The molecule has 0 amide bonds. The van der Waals surface area contributed by atoms with Gasteiger partial charge in [0.1, 0.15) is 11.9 Å². The van der Waals surface area contributed by atoms with Crippen molar-refractivity contribution in [1.82, 2.24) is 0 Å². The standard InChI is InChI=1S/C13H8BrFN2/c14-11-3-1-2-4-13(11)17-10-6-5-9(8-16)12(15)7-10/h1-7,17H. The SMILES string of the molecule is N#Cc1ccc(Nc2ccccc2Br)cc1F. The Bertz CT molecular complexity index is 590. The maximum Gasteiger partial charge on any atom is 0.143 e. The van der Waals surface area contributed by atoms with E-state index in [1.54, 1.807) is 12.1 Å². The molecule has 4 heteroatoms. The molecular formula is C13H8BrFN2. The van der Waals surface area contributed by atoms with Crippen molar-refractivity contribution in [3.8, 4) is 6.07 Å². The van der Waals surface area contributed by atoms with E-state index < -0.39 is 5.82 Å². The molecule has 0 bridgehead atoms. The molecular weight excluding hydrogens is 283 g/mol. The largest absolute Gasteiger partial charge is 0.355 e. The van der Waals surface area contributed by atoms with Crippen molar-refractivity contribution in [2.24, 2.45) is 0 Å². The van der Waals surface area contributed by atoms with E-state index in [1.165, 1.54) is 12.1 Å². The molecule has 2 rings (SSSR count). The first-order valence-corrected chi connectivity index (χ1v) is 5.71. The Morgan fingerprint density at radius 1 is 1.18 bits per heavy atom. The number of rotatable bonds is 2. The van der Waals surface area contributed by atoms with Gasteiger partial charge in [0.15, 0.2) is 0 Å². The molecule has 2 aromatic carbocycles. The molecule has 17 heavy (non-hydrogen) atoms. The lowest BCUT2D eigenvalue weighted by atomic mass is 10.2. The number of hydrogen-bond acceptors (Lipinski definition) is 2. The van der Waals surface area contributed by atoms with E-state index >= 15 is 0 Å². The summed E-state index contributed by atoms with van der Waals surface area (Å²) in [5.41, 5.74) is 1.49. The van der Waals surface area contributed by atoms with E-state index in [1.807, 2.05) is 24.3 Å². The zero-order valence-corrected chi connectivity index (χ0v) is 10.3. The summed E-state index contributed by atoms with van der Waals surface area (Å²) in [6.45, 7) is 0. The van der Waals surface area contributed by atoms with E-state index in [2.05, 4.69) is 21.2 Å². The van der Waals surface area contributed by atoms with Gasteiger partial charge in [-0.05, 0) is 46.3 Å². The minimum atomic E-state index is -0.524. The number of benzene rings is 2. The lowest BCUT2D eigenvalue weighted by Gasteiger charge is -2.08. The smallest absolute Gasteiger partial charge is 0.143 e. The summed E-state index contributed by atoms with van der Waals surface area (Å²) in [6.07, 6.45) is 0. The number of anilines is 2. The molecule has 2 aromatic rings. The average molecular weight is 291 g/mol. The molecule has 0 saturated carbocycles. The highest BCUT2D eigenvalue weighted by molar-refractivity contribution is 9.10. The zero-order chi connectivity index (χ0) is 12.3. The van der Waals surface area contributed by atoms with Crippen LogP contribution in [0.3, 0.4) is 0 Å². The Hall–Kier alpha value is -1.86. The maximum absolute atomic E-state index is 13.4. The quantitative estimate of drug-likeness (QED) is 0.900. The van der Waals surface area contributed by atoms with Gasteiger partial charge in [0.2, 0.25) is 0 Å². The summed E-state index contributed by atoms with van der Waals surface area (Å²) < 4.78 is 14.3. The van der Waals surface area contributed by atoms with Gasteiger partial charge in [-0.15, -0.1) is 0 Å². The van der Waals surface area contributed by atoms with E-state index in [-0.39, 0.29) is 5.56 Å². The Labute approximate surface area is 107 Å². The van der Waals surface area contributed by atoms with Crippen LogP contribution in [0.25, 0.3) is 0 Å². The van der Waals surface area contributed by atoms with Gasteiger partial charge in [0.05, 0.1) is 11.3 Å². The van der Waals surface area contributed by atoms with Crippen molar-refractivity contribution >= 4 is 27.3 Å². The fourth-order valence-electron chi connectivity index (χ4n) is 1.40. The van der Waals surface area contributed by atoms with Crippen molar-refractivity contribution in [1.29, 1.82) is 5.26 Å². The molecule has 2 nitrogen and oxygen atoms in total. The molecule has 0 aliphatic heterocycles. The molecule has 0 aliphatic rings. The molecule has 84 valence electrons. The van der Waals surface area contributed by atoms with Crippen LogP contribution in [0, 0.1) is 17.1 Å². The average Bonchev–Trinajstić information content (AvgIpc) is 2.32. The van der Waals surface area contributed by atoms with Crippen LogP contribution in [0.4, 0.5) is 15.8 Å². The van der Waals surface area contributed by atoms with Gasteiger partial charge in [-0.2, -0.15) is 5.26 Å². The predicted octanol–water partition coefficient (Wildman–Crippen LogP) is 4.20. The van der Waals surface area contributed by atoms with Gasteiger partial charge in [-0.25, -0.2) is 4.39 Å². The van der Waals surface area contributed by atoms with Crippen LogP contribution >= 0.6 is 15.9 Å². The Balaban J connectivity index is 2.29. The van der Waals surface area contributed by atoms with Crippen LogP contribution in [0.5, 0.6) is 0 Å². The molecule has 0 unspecified atom stereocenters. The first-order chi connectivity index (χ1) is 8.20. The Morgan fingerprint density at radius 2 is 1.94 bits per heavy atom. The van der Waals surface area contributed by atoms with Crippen molar-refractivity contribution in [3.63, 3.8) is 0 Å². The minimum absolute atomic E-state index is 0.0441. The molecule has 0 saturated heterocycles. The van der Waals surface area contributed by atoms with Gasteiger partial charge >= 0.3 is 0 Å². The van der Waals surface area contributed by atoms with Gasteiger partial charge in [0.25, 0.3) is 0 Å². The van der Waals surface area contributed by atoms with E-state index in [0.717, 1.165) is 10.2 Å². The first kappa shape index (κ1) is 11.6. The van der Waals surface area contributed by atoms with Crippen LogP contribution in [0.15, 0.2) is 46.9 Å². The lowest BCUT2D eigenvalue weighted by molar-refractivity contribution is 0.624. The lowest BCUT2D eigenvalue weighted by Crippen LogP contribution is -1.93.